The van der Waals surface area contributed by atoms with Crippen molar-refractivity contribution in [2.75, 3.05) is 25.6 Å². The lowest BCUT2D eigenvalue weighted by atomic mass is 9.79. The number of methoxy groups -OCH3 is 1. The zero-order valence-electron chi connectivity index (χ0n) is 23.6. The summed E-state index contributed by atoms with van der Waals surface area (Å²) in [5.74, 6) is 0.835. The number of benzene rings is 2. The van der Waals surface area contributed by atoms with Crippen LogP contribution in [0, 0.1) is 0 Å². The molecule has 0 atom stereocenters. The van der Waals surface area contributed by atoms with Crippen LogP contribution in [0.15, 0.2) is 42.5 Å². The first-order valence-electron chi connectivity index (χ1n) is 12.7. The van der Waals surface area contributed by atoms with E-state index in [1.54, 1.807) is 39.0 Å². The summed E-state index contributed by atoms with van der Waals surface area (Å²) >= 11 is 0. The molecule has 2 aromatic rings. The van der Waals surface area contributed by atoms with E-state index in [4.69, 9.17) is 23.5 Å². The van der Waals surface area contributed by atoms with Crippen LogP contribution in [0.4, 0.5) is 10.5 Å². The molecule has 0 radical (unpaired) electrons. The third-order valence-corrected chi connectivity index (χ3v) is 6.32. The summed E-state index contributed by atoms with van der Waals surface area (Å²) in [6, 6.07) is 12.8. The number of rotatable bonds is 9. The van der Waals surface area contributed by atoms with Crippen LogP contribution in [-0.2, 0) is 25.3 Å². The monoisotopic (exact) mass is 526 g/mol. The standard InChI is InChI=1S/C28H39BN2O7/c1-26(2,3)36-25(33)30-14-15-35-22-13-12-19(16-23(22)34-8)17-24(32)31-21-11-9-10-20(18-21)29-37-27(4,5)28(6,7)38-29/h9-13,16,18H,14-15,17H2,1-8H3,(H,30,33)(H,31,32). The van der Waals surface area contributed by atoms with Gasteiger partial charge < -0.3 is 34.2 Å². The summed E-state index contributed by atoms with van der Waals surface area (Å²) in [5, 5.41) is 5.58. The molecule has 0 spiro atoms. The Labute approximate surface area is 225 Å². The van der Waals surface area contributed by atoms with Gasteiger partial charge in [-0.05, 0) is 83.8 Å². The van der Waals surface area contributed by atoms with E-state index in [2.05, 4.69) is 10.6 Å². The molecule has 0 bridgehead atoms. The maximum Gasteiger partial charge on any atom is 0.494 e. The summed E-state index contributed by atoms with van der Waals surface area (Å²) in [6.45, 7) is 13.9. The van der Waals surface area contributed by atoms with Crippen LogP contribution in [0.2, 0.25) is 0 Å². The molecule has 1 aliphatic heterocycles. The Morgan fingerprint density at radius 1 is 0.974 bits per heavy atom. The van der Waals surface area contributed by atoms with Gasteiger partial charge in [-0.2, -0.15) is 0 Å². The second-order valence-electron chi connectivity index (χ2n) is 11.2. The molecular formula is C28H39BN2O7. The smallest absolute Gasteiger partial charge is 0.493 e. The second-order valence-corrected chi connectivity index (χ2v) is 11.2. The number of nitrogens with one attached hydrogen (secondary N) is 2. The van der Waals surface area contributed by atoms with Gasteiger partial charge in [0.1, 0.15) is 12.2 Å². The Morgan fingerprint density at radius 2 is 1.66 bits per heavy atom. The first kappa shape index (κ1) is 29.3. The summed E-state index contributed by atoms with van der Waals surface area (Å²) < 4.78 is 28.6. The van der Waals surface area contributed by atoms with E-state index in [9.17, 15) is 9.59 Å². The number of amides is 2. The van der Waals surface area contributed by atoms with Crippen molar-refractivity contribution in [3.63, 3.8) is 0 Å². The minimum atomic E-state index is -0.563. The van der Waals surface area contributed by atoms with Gasteiger partial charge in [0.2, 0.25) is 5.91 Å². The Bertz CT molecular complexity index is 1130. The van der Waals surface area contributed by atoms with E-state index in [1.165, 1.54) is 7.11 Å². The topological polar surface area (TPSA) is 104 Å². The van der Waals surface area contributed by atoms with Crippen LogP contribution in [-0.4, -0.2) is 56.2 Å². The molecule has 0 unspecified atom stereocenters. The first-order chi connectivity index (χ1) is 17.7. The fraction of sp³-hybridized carbons (Fsp3) is 0.500. The van der Waals surface area contributed by atoms with Crippen molar-refractivity contribution in [2.24, 2.45) is 0 Å². The Kier molecular flexibility index (Phi) is 8.99. The molecule has 0 aliphatic carbocycles. The van der Waals surface area contributed by atoms with Gasteiger partial charge in [-0.1, -0.05) is 18.2 Å². The molecule has 9 nitrogen and oxygen atoms in total. The van der Waals surface area contributed by atoms with E-state index in [-0.39, 0.29) is 25.5 Å². The maximum atomic E-state index is 12.8. The number of anilines is 1. The van der Waals surface area contributed by atoms with Gasteiger partial charge in [-0.25, -0.2) is 4.79 Å². The summed E-state index contributed by atoms with van der Waals surface area (Å²) in [7, 11) is 1.03. The summed E-state index contributed by atoms with van der Waals surface area (Å²) in [5.41, 5.74) is 0.811. The lowest BCUT2D eigenvalue weighted by Crippen LogP contribution is -2.41. The van der Waals surface area contributed by atoms with Gasteiger partial charge in [-0.15, -0.1) is 0 Å². The van der Waals surface area contributed by atoms with Gasteiger partial charge in [0.05, 0.1) is 31.3 Å². The van der Waals surface area contributed by atoms with Crippen molar-refractivity contribution < 1.29 is 33.1 Å². The molecule has 10 heteroatoms. The van der Waals surface area contributed by atoms with E-state index >= 15 is 0 Å². The highest BCUT2D eigenvalue weighted by molar-refractivity contribution is 6.62. The molecule has 38 heavy (non-hydrogen) atoms. The van der Waals surface area contributed by atoms with Gasteiger partial charge in [0.15, 0.2) is 11.5 Å². The molecule has 1 saturated heterocycles. The number of carbonyl (C=O) groups is 2. The SMILES string of the molecule is COc1cc(CC(=O)Nc2cccc(B3OC(C)(C)C(C)(C)O3)c2)ccc1OCCNC(=O)OC(C)(C)C. The lowest BCUT2D eigenvalue weighted by molar-refractivity contribution is -0.115. The van der Waals surface area contributed by atoms with Crippen LogP contribution in [0.1, 0.15) is 54.0 Å². The van der Waals surface area contributed by atoms with Crippen molar-refractivity contribution in [1.82, 2.24) is 5.32 Å². The second kappa shape index (κ2) is 11.7. The minimum Gasteiger partial charge on any atom is -0.493 e. The molecule has 0 saturated carbocycles. The number of alkyl carbamates (subject to hydrolysis) is 1. The van der Waals surface area contributed by atoms with Gasteiger partial charge in [-0.3, -0.25) is 4.79 Å². The molecule has 1 aliphatic rings. The molecule has 2 amide bonds. The van der Waals surface area contributed by atoms with Crippen LogP contribution >= 0.6 is 0 Å². The van der Waals surface area contributed by atoms with E-state index in [0.717, 1.165) is 11.0 Å². The summed E-state index contributed by atoms with van der Waals surface area (Å²) in [6.07, 6.45) is -0.353. The van der Waals surface area contributed by atoms with Gasteiger partial charge >= 0.3 is 13.2 Å². The molecule has 0 aromatic heterocycles. The fourth-order valence-electron chi connectivity index (χ4n) is 3.70. The minimum absolute atomic E-state index is 0.150. The average molecular weight is 526 g/mol. The number of hydrogen-bond donors (Lipinski definition) is 2. The zero-order chi connectivity index (χ0) is 28.1. The van der Waals surface area contributed by atoms with Crippen molar-refractivity contribution >= 4 is 30.3 Å². The number of hydrogen-bond acceptors (Lipinski definition) is 7. The largest absolute Gasteiger partial charge is 0.494 e. The van der Waals surface area contributed by atoms with E-state index in [0.29, 0.717) is 17.2 Å². The average Bonchev–Trinajstić information content (AvgIpc) is 3.03. The van der Waals surface area contributed by atoms with Crippen molar-refractivity contribution in [2.45, 2.75) is 71.7 Å². The van der Waals surface area contributed by atoms with E-state index in [1.807, 2.05) is 52.0 Å². The lowest BCUT2D eigenvalue weighted by Gasteiger charge is -2.32. The van der Waals surface area contributed by atoms with Crippen molar-refractivity contribution in [1.29, 1.82) is 0 Å². The molecule has 2 aromatic carbocycles. The van der Waals surface area contributed by atoms with Crippen LogP contribution in [0.25, 0.3) is 0 Å². The van der Waals surface area contributed by atoms with Crippen LogP contribution < -0.4 is 25.6 Å². The molecule has 1 fully saturated rings. The molecule has 206 valence electrons. The highest BCUT2D eigenvalue weighted by Crippen LogP contribution is 2.36. The highest BCUT2D eigenvalue weighted by Gasteiger charge is 2.51. The third-order valence-electron chi connectivity index (χ3n) is 6.32. The highest BCUT2D eigenvalue weighted by atomic mass is 16.7. The Morgan fingerprint density at radius 3 is 2.29 bits per heavy atom. The summed E-state index contributed by atoms with van der Waals surface area (Å²) in [4.78, 5) is 24.5. The zero-order valence-corrected chi connectivity index (χ0v) is 23.6. The predicted molar refractivity (Wildman–Crippen MR) is 147 cm³/mol. The molecular weight excluding hydrogens is 487 g/mol. The Balaban J connectivity index is 1.54. The van der Waals surface area contributed by atoms with E-state index < -0.39 is 30.0 Å². The predicted octanol–water partition coefficient (Wildman–Crippen LogP) is 4.08. The third kappa shape index (κ3) is 7.88. The van der Waals surface area contributed by atoms with Crippen LogP contribution in [0.5, 0.6) is 11.5 Å². The molecule has 2 N–H and O–H groups in total. The number of carbonyl (C=O) groups excluding carboxylic acids is 2. The first-order valence-corrected chi connectivity index (χ1v) is 12.7. The maximum absolute atomic E-state index is 12.8. The number of ether oxygens (including phenoxy) is 3. The normalized spacial score (nSPS) is 16.1. The van der Waals surface area contributed by atoms with Crippen molar-refractivity contribution in [3.8, 4) is 11.5 Å². The molecule has 3 rings (SSSR count). The fourth-order valence-corrected chi connectivity index (χ4v) is 3.70. The van der Waals surface area contributed by atoms with Crippen molar-refractivity contribution in [3.05, 3.63) is 48.0 Å². The quantitative estimate of drug-likeness (QED) is 0.375. The van der Waals surface area contributed by atoms with Gasteiger partial charge in [0, 0.05) is 5.69 Å². The van der Waals surface area contributed by atoms with Crippen LogP contribution in [0.3, 0.4) is 0 Å². The van der Waals surface area contributed by atoms with Gasteiger partial charge in [0.25, 0.3) is 0 Å². The molecule has 1 heterocycles. The Hall–Kier alpha value is -3.24.